The molecule has 0 saturated carbocycles. The van der Waals surface area contributed by atoms with Gasteiger partial charge in [0, 0.05) is 32.3 Å². The van der Waals surface area contributed by atoms with Gasteiger partial charge in [-0.25, -0.2) is 0 Å². The van der Waals surface area contributed by atoms with Crippen LogP contribution in [0.4, 0.5) is 0 Å². The Morgan fingerprint density at radius 2 is 2.00 bits per heavy atom. The van der Waals surface area contributed by atoms with Gasteiger partial charge >= 0.3 is 0 Å². The number of aryl methyl sites for hydroxylation is 1. The number of hydrogen-bond acceptors (Lipinski definition) is 4. The van der Waals surface area contributed by atoms with Crippen molar-refractivity contribution in [1.82, 2.24) is 20.1 Å². The zero-order valence-electron chi connectivity index (χ0n) is 17.1. The number of rotatable bonds is 5. The number of hydrogen-bond donors (Lipinski definition) is 2. The first-order valence-corrected chi connectivity index (χ1v) is 10.1. The number of carbonyl (C=O) groups is 3. The number of ether oxygens (including phenoxy) is 1. The van der Waals surface area contributed by atoms with Crippen molar-refractivity contribution in [3.63, 3.8) is 0 Å². The number of nitrogens with zero attached hydrogens (tertiary/aromatic N) is 2. The molecule has 2 aliphatic rings. The van der Waals surface area contributed by atoms with E-state index in [1.54, 1.807) is 22.6 Å². The molecule has 1 aromatic carbocycles. The van der Waals surface area contributed by atoms with Crippen LogP contribution < -0.4 is 15.4 Å². The molecule has 0 bridgehead atoms. The number of piperidine rings is 1. The lowest BCUT2D eigenvalue weighted by Gasteiger charge is -2.44. The molecule has 0 radical (unpaired) electrons. The van der Waals surface area contributed by atoms with Gasteiger partial charge in [0.25, 0.3) is 5.91 Å². The Balaban J connectivity index is 1.39. The maximum atomic E-state index is 13.0. The van der Waals surface area contributed by atoms with Crippen molar-refractivity contribution in [3.8, 4) is 5.75 Å². The molecular weight excluding hydrogens is 384 g/mol. The van der Waals surface area contributed by atoms with Crippen LogP contribution in [-0.4, -0.2) is 59.0 Å². The van der Waals surface area contributed by atoms with Gasteiger partial charge in [0.05, 0.1) is 7.11 Å². The highest BCUT2D eigenvalue weighted by Gasteiger charge is 2.44. The Bertz CT molecular complexity index is 952. The molecule has 3 heterocycles. The third kappa shape index (κ3) is 3.90. The van der Waals surface area contributed by atoms with Gasteiger partial charge in [0.15, 0.2) is 0 Å². The SMILES string of the molecule is COc1ccc(CC2NC(=O)C3CC(NC(=O)c4cccn4C)CCN3C2=O)cc1. The van der Waals surface area contributed by atoms with Gasteiger partial charge in [-0.3, -0.25) is 14.4 Å². The minimum absolute atomic E-state index is 0.0670. The highest BCUT2D eigenvalue weighted by molar-refractivity contribution is 5.97. The van der Waals surface area contributed by atoms with Gasteiger partial charge in [0.2, 0.25) is 11.8 Å². The normalized spacial score (nSPS) is 23.5. The Morgan fingerprint density at radius 3 is 2.67 bits per heavy atom. The van der Waals surface area contributed by atoms with Gasteiger partial charge in [-0.1, -0.05) is 12.1 Å². The molecule has 2 aliphatic heterocycles. The molecule has 30 heavy (non-hydrogen) atoms. The molecule has 3 amide bonds. The second-order valence-electron chi connectivity index (χ2n) is 7.86. The van der Waals surface area contributed by atoms with Crippen molar-refractivity contribution in [3.05, 3.63) is 53.9 Å². The molecule has 0 spiro atoms. The van der Waals surface area contributed by atoms with E-state index in [-0.39, 0.29) is 23.8 Å². The molecule has 0 aliphatic carbocycles. The Morgan fingerprint density at radius 1 is 1.23 bits per heavy atom. The summed E-state index contributed by atoms with van der Waals surface area (Å²) in [5.74, 6) is 0.353. The van der Waals surface area contributed by atoms with E-state index in [4.69, 9.17) is 4.74 Å². The predicted octanol–water partition coefficient (Wildman–Crippen LogP) is 0.864. The zero-order chi connectivity index (χ0) is 21.3. The van der Waals surface area contributed by atoms with Crippen LogP contribution in [0.15, 0.2) is 42.6 Å². The van der Waals surface area contributed by atoms with Crippen LogP contribution >= 0.6 is 0 Å². The molecule has 4 rings (SSSR count). The van der Waals surface area contributed by atoms with Crippen LogP contribution in [-0.2, 0) is 23.1 Å². The zero-order valence-corrected chi connectivity index (χ0v) is 17.1. The van der Waals surface area contributed by atoms with Crippen LogP contribution in [0.2, 0.25) is 0 Å². The van der Waals surface area contributed by atoms with E-state index in [0.717, 1.165) is 11.3 Å². The fraction of sp³-hybridized carbons (Fsp3) is 0.409. The molecule has 158 valence electrons. The van der Waals surface area contributed by atoms with Crippen molar-refractivity contribution in [2.75, 3.05) is 13.7 Å². The number of piperazine rings is 1. The number of benzene rings is 1. The molecule has 2 aromatic rings. The van der Waals surface area contributed by atoms with Crippen molar-refractivity contribution in [2.24, 2.45) is 7.05 Å². The molecule has 8 heteroatoms. The third-order valence-corrected chi connectivity index (χ3v) is 5.91. The second kappa shape index (κ2) is 8.22. The summed E-state index contributed by atoms with van der Waals surface area (Å²) in [6.45, 7) is 0.452. The average Bonchev–Trinajstić information content (AvgIpc) is 3.18. The Kier molecular flexibility index (Phi) is 5.48. The Labute approximate surface area is 175 Å². The highest BCUT2D eigenvalue weighted by atomic mass is 16.5. The molecule has 2 fully saturated rings. The highest BCUT2D eigenvalue weighted by Crippen LogP contribution is 2.24. The second-order valence-corrected chi connectivity index (χ2v) is 7.86. The van der Waals surface area contributed by atoms with Crippen LogP contribution in [0, 0.1) is 0 Å². The van der Waals surface area contributed by atoms with Crippen molar-refractivity contribution < 1.29 is 19.1 Å². The predicted molar refractivity (Wildman–Crippen MR) is 110 cm³/mol. The number of carbonyl (C=O) groups excluding carboxylic acids is 3. The van der Waals surface area contributed by atoms with Gasteiger partial charge in [0.1, 0.15) is 23.5 Å². The third-order valence-electron chi connectivity index (χ3n) is 5.91. The van der Waals surface area contributed by atoms with E-state index in [9.17, 15) is 14.4 Å². The van der Waals surface area contributed by atoms with Crippen LogP contribution in [0.25, 0.3) is 0 Å². The minimum atomic E-state index is -0.573. The van der Waals surface area contributed by atoms with Crippen LogP contribution in [0.1, 0.15) is 28.9 Å². The lowest BCUT2D eigenvalue weighted by Crippen LogP contribution is -2.67. The smallest absolute Gasteiger partial charge is 0.268 e. The van der Waals surface area contributed by atoms with Crippen LogP contribution in [0.5, 0.6) is 5.75 Å². The van der Waals surface area contributed by atoms with Gasteiger partial charge in [-0.15, -0.1) is 0 Å². The summed E-state index contributed by atoms with van der Waals surface area (Å²) in [5.41, 5.74) is 1.53. The fourth-order valence-electron chi connectivity index (χ4n) is 4.23. The number of amides is 3. The summed E-state index contributed by atoms with van der Waals surface area (Å²) >= 11 is 0. The molecular formula is C22H26N4O4. The summed E-state index contributed by atoms with van der Waals surface area (Å²) in [7, 11) is 3.42. The summed E-state index contributed by atoms with van der Waals surface area (Å²) in [4.78, 5) is 39.9. The van der Waals surface area contributed by atoms with E-state index >= 15 is 0 Å². The number of methoxy groups -OCH3 is 1. The minimum Gasteiger partial charge on any atom is -0.497 e. The van der Waals surface area contributed by atoms with Crippen molar-refractivity contribution in [2.45, 2.75) is 37.4 Å². The quantitative estimate of drug-likeness (QED) is 0.765. The standard InChI is InChI=1S/C22H26N4O4/c1-25-10-3-4-18(25)20(27)23-15-9-11-26-19(13-15)21(28)24-17(22(26)29)12-14-5-7-16(30-2)8-6-14/h3-8,10,15,17,19H,9,11-13H2,1-2H3,(H,23,27)(H,24,28). The largest absolute Gasteiger partial charge is 0.497 e. The number of fused-ring (bicyclic) bond motifs is 1. The first kappa shape index (κ1) is 20.0. The number of nitrogens with one attached hydrogen (secondary N) is 2. The molecule has 8 nitrogen and oxygen atoms in total. The van der Waals surface area contributed by atoms with E-state index in [1.807, 2.05) is 43.6 Å². The lowest BCUT2D eigenvalue weighted by molar-refractivity contribution is -0.151. The summed E-state index contributed by atoms with van der Waals surface area (Å²) in [6, 6.07) is 9.78. The number of aromatic nitrogens is 1. The maximum Gasteiger partial charge on any atom is 0.268 e. The summed E-state index contributed by atoms with van der Waals surface area (Å²) < 4.78 is 6.91. The van der Waals surface area contributed by atoms with E-state index in [1.165, 1.54) is 0 Å². The molecule has 2 saturated heterocycles. The van der Waals surface area contributed by atoms with Crippen molar-refractivity contribution in [1.29, 1.82) is 0 Å². The topological polar surface area (TPSA) is 92.7 Å². The monoisotopic (exact) mass is 410 g/mol. The average molecular weight is 410 g/mol. The maximum absolute atomic E-state index is 13.0. The summed E-state index contributed by atoms with van der Waals surface area (Å²) in [5, 5.41) is 5.88. The molecule has 1 aromatic heterocycles. The van der Waals surface area contributed by atoms with Crippen LogP contribution in [0.3, 0.4) is 0 Å². The fourth-order valence-corrected chi connectivity index (χ4v) is 4.23. The van der Waals surface area contributed by atoms with Gasteiger partial charge < -0.3 is 24.8 Å². The molecule has 3 atom stereocenters. The van der Waals surface area contributed by atoms with E-state index in [0.29, 0.717) is 31.5 Å². The van der Waals surface area contributed by atoms with Gasteiger partial charge in [-0.2, -0.15) is 0 Å². The van der Waals surface area contributed by atoms with Crippen molar-refractivity contribution >= 4 is 17.7 Å². The molecule has 3 unspecified atom stereocenters. The lowest BCUT2D eigenvalue weighted by atomic mass is 9.91. The van der Waals surface area contributed by atoms with E-state index < -0.39 is 12.1 Å². The first-order chi connectivity index (χ1) is 14.5. The van der Waals surface area contributed by atoms with Gasteiger partial charge in [-0.05, 0) is 42.7 Å². The Hall–Kier alpha value is -3.29. The van der Waals surface area contributed by atoms with E-state index in [2.05, 4.69) is 10.6 Å². The summed E-state index contributed by atoms with van der Waals surface area (Å²) in [6.07, 6.45) is 3.29. The molecule has 2 N–H and O–H groups in total. The first-order valence-electron chi connectivity index (χ1n) is 10.1.